The molecule has 0 spiro atoms. The fourth-order valence-electron chi connectivity index (χ4n) is 3.11. The molecule has 1 saturated heterocycles. The van der Waals surface area contributed by atoms with Crippen LogP contribution in [0, 0.1) is 0 Å². The van der Waals surface area contributed by atoms with E-state index in [1.165, 1.54) is 16.7 Å². The van der Waals surface area contributed by atoms with Gasteiger partial charge in [0.15, 0.2) is 5.96 Å². The van der Waals surface area contributed by atoms with Crippen LogP contribution in [0.3, 0.4) is 0 Å². The van der Waals surface area contributed by atoms with Crippen molar-refractivity contribution in [2.45, 2.75) is 19.4 Å². The van der Waals surface area contributed by atoms with Gasteiger partial charge in [0, 0.05) is 46.1 Å². The van der Waals surface area contributed by atoms with Crippen LogP contribution < -0.4 is 5.32 Å². The summed E-state index contributed by atoms with van der Waals surface area (Å²) in [5.74, 6) is 0.998. The summed E-state index contributed by atoms with van der Waals surface area (Å²) in [5.41, 5.74) is 4.10. The number of aliphatic imine (C=N–C) groups is 1. The average molecular weight is 322 g/mol. The zero-order valence-corrected chi connectivity index (χ0v) is 14.6. The standard InChI is InChI=1S/C20H26N4/c1-21-20(22-15-19-8-11-23(2)16-19)24-12-9-18(10-13-24)14-17-6-4-3-5-7-17/h3-8,11,14,16H,9-10,12-13,15H2,1-2H3,(H,21,22). The molecule has 0 aliphatic carbocycles. The molecule has 126 valence electrons. The van der Waals surface area contributed by atoms with Gasteiger partial charge in [0.2, 0.25) is 0 Å². The summed E-state index contributed by atoms with van der Waals surface area (Å²) in [6.45, 7) is 2.86. The number of nitrogens with one attached hydrogen (secondary N) is 1. The highest BCUT2D eigenvalue weighted by molar-refractivity contribution is 5.80. The topological polar surface area (TPSA) is 32.6 Å². The van der Waals surface area contributed by atoms with Crippen LogP contribution in [0.5, 0.6) is 0 Å². The van der Waals surface area contributed by atoms with E-state index in [0.717, 1.165) is 38.4 Å². The lowest BCUT2D eigenvalue weighted by Gasteiger charge is -2.31. The number of aryl methyl sites for hydroxylation is 1. The summed E-state index contributed by atoms with van der Waals surface area (Å²) in [7, 11) is 3.91. The second kappa shape index (κ2) is 7.86. The molecule has 3 rings (SSSR count). The van der Waals surface area contributed by atoms with Crippen LogP contribution in [-0.4, -0.2) is 35.6 Å². The number of hydrogen-bond acceptors (Lipinski definition) is 1. The minimum absolute atomic E-state index is 0.816. The number of benzene rings is 1. The van der Waals surface area contributed by atoms with Crippen molar-refractivity contribution < 1.29 is 0 Å². The molecule has 0 saturated carbocycles. The van der Waals surface area contributed by atoms with E-state index >= 15 is 0 Å². The first-order chi connectivity index (χ1) is 11.7. The van der Waals surface area contributed by atoms with Crippen molar-refractivity contribution in [2.24, 2.45) is 12.0 Å². The Morgan fingerprint density at radius 1 is 1.17 bits per heavy atom. The van der Waals surface area contributed by atoms with Gasteiger partial charge in [-0.05, 0) is 30.0 Å². The molecule has 2 aromatic rings. The summed E-state index contributed by atoms with van der Waals surface area (Å²) in [6, 6.07) is 12.7. The van der Waals surface area contributed by atoms with E-state index in [0.29, 0.717) is 0 Å². The molecule has 1 N–H and O–H groups in total. The first-order valence-electron chi connectivity index (χ1n) is 8.55. The lowest BCUT2D eigenvalue weighted by Crippen LogP contribution is -2.44. The zero-order chi connectivity index (χ0) is 16.8. The Morgan fingerprint density at radius 3 is 2.54 bits per heavy atom. The third-order valence-electron chi connectivity index (χ3n) is 4.43. The normalized spacial score (nSPS) is 15.5. The van der Waals surface area contributed by atoms with E-state index in [9.17, 15) is 0 Å². The lowest BCUT2D eigenvalue weighted by atomic mass is 10.0. The van der Waals surface area contributed by atoms with E-state index in [2.05, 4.69) is 74.6 Å². The zero-order valence-electron chi connectivity index (χ0n) is 14.6. The minimum Gasteiger partial charge on any atom is -0.357 e. The van der Waals surface area contributed by atoms with Gasteiger partial charge in [0.25, 0.3) is 0 Å². The summed E-state index contributed by atoms with van der Waals surface area (Å²) in [5, 5.41) is 3.48. The number of likely N-dealkylation sites (tertiary alicyclic amines) is 1. The Kier molecular flexibility index (Phi) is 5.36. The molecule has 1 aliphatic rings. The van der Waals surface area contributed by atoms with Crippen LogP contribution in [0.25, 0.3) is 6.08 Å². The first-order valence-corrected chi connectivity index (χ1v) is 8.55. The maximum absolute atomic E-state index is 4.45. The molecule has 0 bridgehead atoms. The molecule has 1 aromatic carbocycles. The van der Waals surface area contributed by atoms with Crippen LogP contribution in [0.15, 0.2) is 59.4 Å². The fraction of sp³-hybridized carbons (Fsp3) is 0.350. The second-order valence-electron chi connectivity index (χ2n) is 6.29. The number of rotatable bonds is 3. The molecule has 24 heavy (non-hydrogen) atoms. The highest BCUT2D eigenvalue weighted by Gasteiger charge is 2.17. The number of aromatic nitrogens is 1. The maximum atomic E-state index is 4.45. The third-order valence-corrected chi connectivity index (χ3v) is 4.43. The molecule has 1 aliphatic heterocycles. The quantitative estimate of drug-likeness (QED) is 0.695. The van der Waals surface area contributed by atoms with Crippen molar-refractivity contribution in [2.75, 3.05) is 20.1 Å². The van der Waals surface area contributed by atoms with Gasteiger partial charge in [-0.15, -0.1) is 0 Å². The van der Waals surface area contributed by atoms with E-state index in [-0.39, 0.29) is 0 Å². The summed E-state index contributed by atoms with van der Waals surface area (Å²) < 4.78 is 2.07. The van der Waals surface area contributed by atoms with Crippen molar-refractivity contribution in [1.29, 1.82) is 0 Å². The van der Waals surface area contributed by atoms with Crippen LogP contribution in [-0.2, 0) is 13.6 Å². The van der Waals surface area contributed by atoms with Crippen molar-refractivity contribution in [3.8, 4) is 0 Å². The van der Waals surface area contributed by atoms with Crippen LogP contribution in [0.4, 0.5) is 0 Å². The Hall–Kier alpha value is -2.49. The van der Waals surface area contributed by atoms with E-state index in [4.69, 9.17) is 0 Å². The summed E-state index contributed by atoms with van der Waals surface area (Å²) in [4.78, 5) is 6.80. The number of hydrogen-bond donors (Lipinski definition) is 1. The molecule has 1 aromatic heterocycles. The number of nitrogens with zero attached hydrogens (tertiary/aromatic N) is 3. The minimum atomic E-state index is 0.816. The Bertz CT molecular complexity index is 702. The first kappa shape index (κ1) is 16.4. The predicted molar refractivity (Wildman–Crippen MR) is 101 cm³/mol. The summed E-state index contributed by atoms with van der Waals surface area (Å²) in [6.07, 6.45) is 8.73. The predicted octanol–water partition coefficient (Wildman–Crippen LogP) is 3.28. The molecule has 4 heteroatoms. The molecular weight excluding hydrogens is 296 g/mol. The van der Waals surface area contributed by atoms with E-state index < -0.39 is 0 Å². The largest absolute Gasteiger partial charge is 0.357 e. The van der Waals surface area contributed by atoms with Gasteiger partial charge in [-0.3, -0.25) is 4.99 Å². The number of guanidine groups is 1. The molecule has 0 atom stereocenters. The second-order valence-corrected chi connectivity index (χ2v) is 6.29. The van der Waals surface area contributed by atoms with Crippen LogP contribution >= 0.6 is 0 Å². The average Bonchev–Trinajstić information content (AvgIpc) is 3.03. The highest BCUT2D eigenvalue weighted by atomic mass is 15.3. The maximum Gasteiger partial charge on any atom is 0.193 e. The van der Waals surface area contributed by atoms with Gasteiger partial charge in [-0.2, -0.15) is 0 Å². The molecule has 0 amide bonds. The Balaban J connectivity index is 1.53. The monoisotopic (exact) mass is 322 g/mol. The van der Waals surface area contributed by atoms with E-state index in [1.54, 1.807) is 0 Å². The third kappa shape index (κ3) is 4.28. The highest BCUT2D eigenvalue weighted by Crippen LogP contribution is 2.19. The van der Waals surface area contributed by atoms with Crippen LogP contribution in [0.2, 0.25) is 0 Å². The van der Waals surface area contributed by atoms with Gasteiger partial charge in [0.05, 0.1) is 0 Å². The smallest absolute Gasteiger partial charge is 0.193 e. The van der Waals surface area contributed by atoms with Crippen molar-refractivity contribution >= 4 is 12.0 Å². The Morgan fingerprint density at radius 2 is 1.92 bits per heavy atom. The molecule has 2 heterocycles. The van der Waals surface area contributed by atoms with Crippen molar-refractivity contribution in [3.05, 3.63) is 65.5 Å². The Labute approximate surface area is 144 Å². The van der Waals surface area contributed by atoms with E-state index in [1.807, 2.05) is 14.1 Å². The lowest BCUT2D eigenvalue weighted by molar-refractivity contribution is 0.375. The van der Waals surface area contributed by atoms with Crippen molar-refractivity contribution in [3.63, 3.8) is 0 Å². The SMILES string of the molecule is CN=C(NCc1ccn(C)c1)N1CCC(=Cc2ccccc2)CC1. The van der Waals surface area contributed by atoms with Crippen LogP contribution in [0.1, 0.15) is 24.0 Å². The van der Waals surface area contributed by atoms with Gasteiger partial charge in [0.1, 0.15) is 0 Å². The molecule has 1 fully saturated rings. The molecular formula is C20H26N4. The van der Waals surface area contributed by atoms with Gasteiger partial charge in [-0.1, -0.05) is 42.0 Å². The van der Waals surface area contributed by atoms with Crippen molar-refractivity contribution in [1.82, 2.24) is 14.8 Å². The fourth-order valence-corrected chi connectivity index (χ4v) is 3.11. The molecule has 0 unspecified atom stereocenters. The molecule has 4 nitrogen and oxygen atoms in total. The van der Waals surface area contributed by atoms with Gasteiger partial charge < -0.3 is 14.8 Å². The molecule has 0 radical (unpaired) electrons. The van der Waals surface area contributed by atoms with Gasteiger partial charge >= 0.3 is 0 Å². The summed E-state index contributed by atoms with van der Waals surface area (Å²) >= 11 is 0. The van der Waals surface area contributed by atoms with Gasteiger partial charge in [-0.25, -0.2) is 0 Å². The number of piperidine rings is 1.